The zero-order valence-electron chi connectivity index (χ0n) is 9.63. The highest BCUT2D eigenvalue weighted by Gasteiger charge is 2.10. The Bertz CT molecular complexity index is 663. The van der Waals surface area contributed by atoms with Crippen LogP contribution in [-0.2, 0) is 0 Å². The monoisotopic (exact) mass is 365 g/mol. The van der Waals surface area contributed by atoms with Crippen molar-refractivity contribution in [3.05, 3.63) is 61.7 Å². The lowest BCUT2D eigenvalue weighted by atomic mass is 10.1. The Balaban J connectivity index is 2.33. The summed E-state index contributed by atoms with van der Waals surface area (Å²) < 4.78 is 1.10. The normalized spacial score (nSPS) is 9.68. The number of nitrogens with zero attached hydrogens (tertiary/aromatic N) is 2. The van der Waals surface area contributed by atoms with Crippen LogP contribution in [0.2, 0.25) is 0 Å². The molecule has 19 heavy (non-hydrogen) atoms. The van der Waals surface area contributed by atoms with Crippen LogP contribution >= 0.6 is 22.6 Å². The highest BCUT2D eigenvalue weighted by Crippen LogP contribution is 2.25. The molecule has 0 fully saturated rings. The minimum atomic E-state index is -0.518. The minimum Gasteiger partial charge on any atom is -0.354 e. The molecule has 0 unspecified atom stereocenters. The summed E-state index contributed by atoms with van der Waals surface area (Å²) in [4.78, 5) is 10.1. The van der Waals surface area contributed by atoms with E-state index in [0.717, 1.165) is 9.26 Å². The number of nitro groups is 1. The first-order chi connectivity index (χ1) is 9.10. The molecular weight excluding hydrogens is 357 g/mol. The fraction of sp³-hybridized carbons (Fsp3) is 0. The molecule has 0 radical (unpaired) electrons. The van der Waals surface area contributed by atoms with Crippen molar-refractivity contribution in [1.82, 2.24) is 0 Å². The molecule has 94 valence electrons. The van der Waals surface area contributed by atoms with Gasteiger partial charge in [-0.15, -0.1) is 0 Å². The standard InChI is InChI=1S/C13H8IN3O2/c14-10-1-3-11(4-2-10)16-13-6-5-12(17(18)19)7-9(13)8-15/h1-7,16H. The van der Waals surface area contributed by atoms with Crippen LogP contribution in [0.25, 0.3) is 0 Å². The van der Waals surface area contributed by atoms with E-state index in [4.69, 9.17) is 5.26 Å². The minimum absolute atomic E-state index is 0.0929. The molecule has 0 aliphatic carbocycles. The molecule has 0 bridgehead atoms. The Morgan fingerprint density at radius 1 is 1.21 bits per heavy atom. The molecule has 0 aliphatic heterocycles. The van der Waals surface area contributed by atoms with Crippen LogP contribution in [0, 0.1) is 25.0 Å². The van der Waals surface area contributed by atoms with E-state index < -0.39 is 4.92 Å². The Labute approximate surface area is 123 Å². The third-order valence-electron chi connectivity index (χ3n) is 2.46. The number of rotatable bonds is 3. The summed E-state index contributed by atoms with van der Waals surface area (Å²) in [5.41, 5.74) is 1.53. The van der Waals surface area contributed by atoms with Crippen LogP contribution in [0.1, 0.15) is 5.56 Å². The zero-order valence-corrected chi connectivity index (χ0v) is 11.8. The summed E-state index contributed by atoms with van der Waals surface area (Å²) in [5, 5.41) is 22.8. The third-order valence-corrected chi connectivity index (χ3v) is 3.18. The summed E-state index contributed by atoms with van der Waals surface area (Å²) in [6, 6.07) is 13.7. The smallest absolute Gasteiger partial charge is 0.270 e. The summed E-state index contributed by atoms with van der Waals surface area (Å²) in [5.74, 6) is 0. The molecule has 5 nitrogen and oxygen atoms in total. The number of nitro benzene ring substituents is 1. The first-order valence-corrected chi connectivity index (χ1v) is 6.39. The van der Waals surface area contributed by atoms with Crippen molar-refractivity contribution in [2.24, 2.45) is 0 Å². The van der Waals surface area contributed by atoms with Gasteiger partial charge >= 0.3 is 0 Å². The zero-order chi connectivity index (χ0) is 13.8. The van der Waals surface area contributed by atoms with Crippen LogP contribution in [0.4, 0.5) is 17.1 Å². The van der Waals surface area contributed by atoms with Crippen molar-refractivity contribution in [3.8, 4) is 6.07 Å². The quantitative estimate of drug-likeness (QED) is 0.510. The highest BCUT2D eigenvalue weighted by atomic mass is 127. The summed E-state index contributed by atoms with van der Waals surface area (Å²) in [6.45, 7) is 0. The molecule has 0 aromatic heterocycles. The lowest BCUT2D eigenvalue weighted by Crippen LogP contribution is -1.95. The molecular formula is C13H8IN3O2. The van der Waals surface area contributed by atoms with Gasteiger partial charge in [0.15, 0.2) is 0 Å². The van der Waals surface area contributed by atoms with Crippen molar-refractivity contribution < 1.29 is 4.92 Å². The number of halogens is 1. The molecule has 2 rings (SSSR count). The Hall–Kier alpha value is -2.14. The topological polar surface area (TPSA) is 79.0 Å². The summed E-state index contributed by atoms with van der Waals surface area (Å²) in [7, 11) is 0. The number of hydrogen-bond acceptors (Lipinski definition) is 4. The van der Waals surface area contributed by atoms with E-state index in [1.165, 1.54) is 18.2 Å². The van der Waals surface area contributed by atoms with E-state index >= 15 is 0 Å². The lowest BCUT2D eigenvalue weighted by molar-refractivity contribution is -0.384. The van der Waals surface area contributed by atoms with Crippen LogP contribution < -0.4 is 5.32 Å². The Morgan fingerprint density at radius 2 is 1.89 bits per heavy atom. The van der Waals surface area contributed by atoms with Gasteiger partial charge in [0.25, 0.3) is 5.69 Å². The van der Waals surface area contributed by atoms with Gasteiger partial charge in [0.05, 0.1) is 16.2 Å². The fourth-order valence-electron chi connectivity index (χ4n) is 1.54. The maximum Gasteiger partial charge on any atom is 0.270 e. The van der Waals surface area contributed by atoms with Crippen LogP contribution in [0.5, 0.6) is 0 Å². The SMILES string of the molecule is N#Cc1cc([N+](=O)[O-])ccc1Nc1ccc(I)cc1. The van der Waals surface area contributed by atoms with Crippen molar-refractivity contribution in [2.75, 3.05) is 5.32 Å². The van der Waals surface area contributed by atoms with Crippen LogP contribution in [0.3, 0.4) is 0 Å². The number of nitriles is 1. The molecule has 0 atom stereocenters. The van der Waals surface area contributed by atoms with E-state index in [-0.39, 0.29) is 11.3 Å². The van der Waals surface area contributed by atoms with Crippen LogP contribution in [-0.4, -0.2) is 4.92 Å². The largest absolute Gasteiger partial charge is 0.354 e. The molecule has 0 aliphatic rings. The molecule has 1 N–H and O–H groups in total. The van der Waals surface area contributed by atoms with Gasteiger partial charge in [-0.2, -0.15) is 5.26 Å². The Morgan fingerprint density at radius 3 is 2.47 bits per heavy atom. The Kier molecular flexibility index (Phi) is 3.97. The molecule has 0 saturated heterocycles. The molecule has 0 amide bonds. The van der Waals surface area contributed by atoms with Gasteiger partial charge in [-0.3, -0.25) is 10.1 Å². The number of hydrogen-bond donors (Lipinski definition) is 1. The van der Waals surface area contributed by atoms with Gasteiger partial charge < -0.3 is 5.32 Å². The predicted octanol–water partition coefficient (Wildman–Crippen LogP) is 3.81. The molecule has 2 aromatic rings. The van der Waals surface area contributed by atoms with Gasteiger partial charge in [0, 0.05) is 21.4 Å². The second-order valence-electron chi connectivity index (χ2n) is 3.73. The summed E-state index contributed by atoms with van der Waals surface area (Å²) in [6.07, 6.45) is 0. The number of nitrogens with one attached hydrogen (secondary N) is 1. The maximum absolute atomic E-state index is 10.7. The average Bonchev–Trinajstić information content (AvgIpc) is 2.41. The number of anilines is 2. The van der Waals surface area contributed by atoms with Crippen molar-refractivity contribution in [3.63, 3.8) is 0 Å². The van der Waals surface area contributed by atoms with E-state index in [0.29, 0.717) is 5.69 Å². The second-order valence-corrected chi connectivity index (χ2v) is 4.98. The molecule has 0 heterocycles. The van der Waals surface area contributed by atoms with E-state index in [9.17, 15) is 10.1 Å². The van der Waals surface area contributed by atoms with E-state index in [2.05, 4.69) is 27.9 Å². The van der Waals surface area contributed by atoms with Crippen LogP contribution in [0.15, 0.2) is 42.5 Å². The van der Waals surface area contributed by atoms with E-state index in [1.54, 1.807) is 0 Å². The van der Waals surface area contributed by atoms with Gasteiger partial charge in [-0.1, -0.05) is 0 Å². The molecule has 0 spiro atoms. The van der Waals surface area contributed by atoms with Gasteiger partial charge in [0.1, 0.15) is 6.07 Å². The summed E-state index contributed by atoms with van der Waals surface area (Å²) >= 11 is 2.20. The van der Waals surface area contributed by atoms with Crippen molar-refractivity contribution in [1.29, 1.82) is 5.26 Å². The van der Waals surface area contributed by atoms with Gasteiger partial charge in [-0.25, -0.2) is 0 Å². The fourth-order valence-corrected chi connectivity index (χ4v) is 1.90. The van der Waals surface area contributed by atoms with E-state index in [1.807, 2.05) is 30.3 Å². The van der Waals surface area contributed by atoms with Gasteiger partial charge in [0.2, 0.25) is 0 Å². The predicted molar refractivity (Wildman–Crippen MR) is 80.3 cm³/mol. The molecule has 2 aromatic carbocycles. The van der Waals surface area contributed by atoms with Crippen molar-refractivity contribution in [2.45, 2.75) is 0 Å². The molecule has 0 saturated carbocycles. The average molecular weight is 365 g/mol. The third kappa shape index (κ3) is 3.20. The van der Waals surface area contributed by atoms with Crippen molar-refractivity contribution >= 4 is 39.7 Å². The first-order valence-electron chi connectivity index (χ1n) is 5.31. The maximum atomic E-state index is 10.7. The lowest BCUT2D eigenvalue weighted by Gasteiger charge is -2.08. The highest BCUT2D eigenvalue weighted by molar-refractivity contribution is 14.1. The number of benzene rings is 2. The first kappa shape index (κ1) is 13.3. The molecule has 6 heteroatoms. The number of non-ortho nitro benzene ring substituents is 1. The second kappa shape index (κ2) is 5.67. The van der Waals surface area contributed by atoms with Gasteiger partial charge in [-0.05, 0) is 52.9 Å².